The van der Waals surface area contributed by atoms with Crippen molar-refractivity contribution in [3.63, 3.8) is 0 Å². The van der Waals surface area contributed by atoms with Crippen molar-refractivity contribution in [1.82, 2.24) is 4.90 Å². The van der Waals surface area contributed by atoms with Gasteiger partial charge in [0.25, 0.3) is 0 Å². The predicted octanol–water partition coefficient (Wildman–Crippen LogP) is 3.23. The summed E-state index contributed by atoms with van der Waals surface area (Å²) in [4.78, 5) is 2.42. The van der Waals surface area contributed by atoms with Gasteiger partial charge in [0.05, 0.1) is 11.1 Å². The molecule has 0 amide bonds. The largest absolute Gasteiger partial charge is 0.492 e. The summed E-state index contributed by atoms with van der Waals surface area (Å²) < 4.78 is 6.68. The maximum absolute atomic E-state index is 5.58. The van der Waals surface area contributed by atoms with Crippen molar-refractivity contribution in [2.24, 2.45) is 0 Å². The molecule has 88 valence electrons. The topological polar surface area (TPSA) is 12.5 Å². The Hall–Kier alpha value is -0.540. The van der Waals surface area contributed by atoms with Crippen LogP contribution in [0.5, 0.6) is 5.75 Å². The molecule has 0 aliphatic carbocycles. The van der Waals surface area contributed by atoms with Crippen LogP contribution in [-0.4, -0.2) is 24.6 Å². The molecule has 0 radical (unpaired) electrons. The summed E-state index contributed by atoms with van der Waals surface area (Å²) in [6.07, 6.45) is 1.04. The summed E-state index contributed by atoms with van der Waals surface area (Å²) in [6, 6.07) is 4.47. The first-order valence-corrected chi connectivity index (χ1v) is 6.70. The zero-order valence-corrected chi connectivity index (χ0v) is 11.5. The third kappa shape index (κ3) is 2.41. The molecule has 0 fully saturated rings. The molecule has 0 saturated heterocycles. The SMILES string of the molecule is CCN(CC)Cc1cc(Br)c2c(c1)CCO2. The van der Waals surface area contributed by atoms with Crippen molar-refractivity contribution in [3.8, 4) is 5.75 Å². The van der Waals surface area contributed by atoms with Crippen LogP contribution in [0.25, 0.3) is 0 Å². The Kier molecular flexibility index (Phi) is 3.87. The summed E-state index contributed by atoms with van der Waals surface area (Å²) in [6.45, 7) is 8.45. The van der Waals surface area contributed by atoms with Crippen LogP contribution >= 0.6 is 15.9 Å². The van der Waals surface area contributed by atoms with Gasteiger partial charge >= 0.3 is 0 Å². The van der Waals surface area contributed by atoms with Crippen LogP contribution in [0.2, 0.25) is 0 Å². The van der Waals surface area contributed by atoms with E-state index >= 15 is 0 Å². The predicted molar refractivity (Wildman–Crippen MR) is 70.0 cm³/mol. The fourth-order valence-corrected chi connectivity index (χ4v) is 2.78. The summed E-state index contributed by atoms with van der Waals surface area (Å²) in [7, 11) is 0. The fraction of sp³-hybridized carbons (Fsp3) is 0.538. The number of fused-ring (bicyclic) bond motifs is 1. The molecular formula is C13H18BrNO. The molecule has 0 atom stereocenters. The van der Waals surface area contributed by atoms with Gasteiger partial charge in [0.1, 0.15) is 5.75 Å². The van der Waals surface area contributed by atoms with Crippen LogP contribution < -0.4 is 4.74 Å². The molecule has 0 bridgehead atoms. The van der Waals surface area contributed by atoms with Crippen molar-refractivity contribution < 1.29 is 4.74 Å². The molecular weight excluding hydrogens is 266 g/mol. The maximum Gasteiger partial charge on any atom is 0.136 e. The zero-order chi connectivity index (χ0) is 11.5. The van der Waals surface area contributed by atoms with Crippen LogP contribution in [0, 0.1) is 0 Å². The van der Waals surface area contributed by atoms with Crippen LogP contribution in [0.15, 0.2) is 16.6 Å². The average molecular weight is 284 g/mol. The lowest BCUT2D eigenvalue weighted by Gasteiger charge is -2.18. The highest BCUT2D eigenvalue weighted by atomic mass is 79.9. The molecule has 0 N–H and O–H groups in total. The third-order valence-electron chi connectivity index (χ3n) is 3.10. The summed E-state index contributed by atoms with van der Waals surface area (Å²) in [5, 5.41) is 0. The van der Waals surface area contributed by atoms with Gasteiger partial charge in [0, 0.05) is 13.0 Å². The first kappa shape index (κ1) is 11.9. The fourth-order valence-electron chi connectivity index (χ4n) is 2.12. The van der Waals surface area contributed by atoms with E-state index in [1.165, 1.54) is 11.1 Å². The summed E-state index contributed by atoms with van der Waals surface area (Å²) in [5.41, 5.74) is 2.72. The van der Waals surface area contributed by atoms with Gasteiger partial charge in [-0.15, -0.1) is 0 Å². The Morgan fingerprint density at radius 1 is 1.31 bits per heavy atom. The Morgan fingerprint density at radius 2 is 2.06 bits per heavy atom. The lowest BCUT2D eigenvalue weighted by molar-refractivity contribution is 0.295. The number of hydrogen-bond acceptors (Lipinski definition) is 2. The van der Waals surface area contributed by atoms with Crippen LogP contribution in [-0.2, 0) is 13.0 Å². The molecule has 0 saturated carbocycles. The molecule has 1 heterocycles. The van der Waals surface area contributed by atoms with Crippen LogP contribution in [0.1, 0.15) is 25.0 Å². The zero-order valence-electron chi connectivity index (χ0n) is 9.92. The minimum absolute atomic E-state index is 0.822. The van der Waals surface area contributed by atoms with Gasteiger partial charge in [-0.3, -0.25) is 4.90 Å². The van der Waals surface area contributed by atoms with Crippen molar-refractivity contribution in [2.45, 2.75) is 26.8 Å². The van der Waals surface area contributed by atoms with Crippen molar-refractivity contribution in [1.29, 1.82) is 0 Å². The quantitative estimate of drug-likeness (QED) is 0.841. The number of nitrogens with zero attached hydrogens (tertiary/aromatic N) is 1. The highest BCUT2D eigenvalue weighted by Gasteiger charge is 2.16. The van der Waals surface area contributed by atoms with Crippen LogP contribution in [0.3, 0.4) is 0 Å². The van der Waals surface area contributed by atoms with E-state index in [4.69, 9.17) is 4.74 Å². The van der Waals surface area contributed by atoms with Crippen LogP contribution in [0.4, 0.5) is 0 Å². The lowest BCUT2D eigenvalue weighted by Crippen LogP contribution is -2.22. The second kappa shape index (κ2) is 5.19. The number of hydrogen-bond donors (Lipinski definition) is 0. The Bertz CT molecular complexity index is 374. The molecule has 0 unspecified atom stereocenters. The van der Waals surface area contributed by atoms with Crippen molar-refractivity contribution in [2.75, 3.05) is 19.7 Å². The minimum Gasteiger partial charge on any atom is -0.492 e. The van der Waals surface area contributed by atoms with E-state index < -0.39 is 0 Å². The van der Waals surface area contributed by atoms with Gasteiger partial charge in [-0.2, -0.15) is 0 Å². The molecule has 16 heavy (non-hydrogen) atoms. The molecule has 2 rings (SSSR count). The normalized spacial score (nSPS) is 14.0. The molecule has 1 aromatic carbocycles. The summed E-state index contributed by atoms with van der Waals surface area (Å²) >= 11 is 3.59. The van der Waals surface area contributed by atoms with Gasteiger partial charge in [-0.1, -0.05) is 19.9 Å². The Morgan fingerprint density at radius 3 is 2.75 bits per heavy atom. The molecule has 1 aliphatic heterocycles. The van der Waals surface area contributed by atoms with E-state index in [2.05, 4.69) is 46.8 Å². The monoisotopic (exact) mass is 283 g/mol. The standard InChI is InChI=1S/C13H18BrNO/c1-3-15(4-2)9-10-7-11-5-6-16-13(11)12(14)8-10/h7-8H,3-6,9H2,1-2H3. The van der Waals surface area contributed by atoms with E-state index in [-0.39, 0.29) is 0 Å². The van der Waals surface area contributed by atoms with E-state index in [9.17, 15) is 0 Å². The van der Waals surface area contributed by atoms with E-state index in [0.717, 1.165) is 42.9 Å². The minimum atomic E-state index is 0.822. The first-order valence-electron chi connectivity index (χ1n) is 5.91. The molecule has 3 heteroatoms. The second-order valence-corrected chi connectivity index (χ2v) is 4.98. The molecule has 0 spiro atoms. The first-order chi connectivity index (χ1) is 7.74. The lowest BCUT2D eigenvalue weighted by atomic mass is 10.1. The number of halogens is 1. The van der Waals surface area contributed by atoms with Crippen molar-refractivity contribution in [3.05, 3.63) is 27.7 Å². The molecule has 1 aliphatic rings. The molecule has 1 aromatic rings. The van der Waals surface area contributed by atoms with Gasteiger partial charge < -0.3 is 4.74 Å². The average Bonchev–Trinajstić information content (AvgIpc) is 2.74. The van der Waals surface area contributed by atoms with E-state index in [1.54, 1.807) is 0 Å². The second-order valence-electron chi connectivity index (χ2n) is 4.13. The highest BCUT2D eigenvalue weighted by Crippen LogP contribution is 2.35. The van der Waals surface area contributed by atoms with Crippen molar-refractivity contribution >= 4 is 15.9 Å². The number of rotatable bonds is 4. The van der Waals surface area contributed by atoms with Gasteiger partial charge in [-0.25, -0.2) is 0 Å². The smallest absolute Gasteiger partial charge is 0.136 e. The van der Waals surface area contributed by atoms with Gasteiger partial charge in [-0.05, 0) is 46.2 Å². The van der Waals surface area contributed by atoms with E-state index in [1.807, 2.05) is 0 Å². The third-order valence-corrected chi connectivity index (χ3v) is 3.69. The van der Waals surface area contributed by atoms with Gasteiger partial charge in [0.15, 0.2) is 0 Å². The highest BCUT2D eigenvalue weighted by molar-refractivity contribution is 9.10. The summed E-state index contributed by atoms with van der Waals surface area (Å²) in [5.74, 6) is 1.04. The molecule has 0 aromatic heterocycles. The van der Waals surface area contributed by atoms with Gasteiger partial charge in [0.2, 0.25) is 0 Å². The number of ether oxygens (including phenoxy) is 1. The Balaban J connectivity index is 2.20. The molecule has 2 nitrogen and oxygen atoms in total. The maximum atomic E-state index is 5.58. The van der Waals surface area contributed by atoms with E-state index in [0.29, 0.717) is 0 Å². The Labute approximate surface area is 106 Å². The number of benzene rings is 1.